The third kappa shape index (κ3) is 3.81. The quantitative estimate of drug-likeness (QED) is 0.711. The molecule has 0 radical (unpaired) electrons. The van der Waals surface area contributed by atoms with Gasteiger partial charge in [-0.05, 0) is 31.2 Å². The minimum Gasteiger partial charge on any atom is -0.508 e. The average molecular weight is 324 g/mol. The fraction of sp³-hybridized carbons (Fsp3) is 0.111. The first-order chi connectivity index (χ1) is 11.1. The summed E-state index contributed by atoms with van der Waals surface area (Å²) in [5.41, 5.74) is 1.49. The van der Waals surface area contributed by atoms with E-state index in [0.29, 0.717) is 5.69 Å². The molecule has 0 saturated carbocycles. The van der Waals surface area contributed by atoms with E-state index in [9.17, 15) is 9.90 Å². The van der Waals surface area contributed by atoms with Crippen molar-refractivity contribution in [3.63, 3.8) is 0 Å². The normalized spacial score (nSPS) is 12.0. The van der Waals surface area contributed by atoms with Gasteiger partial charge in [0.1, 0.15) is 5.75 Å². The summed E-state index contributed by atoms with van der Waals surface area (Å²) in [6, 6.07) is 18.3. The molecule has 0 aliphatic carbocycles. The topological polar surface area (TPSA) is 62.2 Å². The van der Waals surface area contributed by atoms with Crippen molar-refractivity contribution in [2.24, 2.45) is 0 Å². The highest BCUT2D eigenvalue weighted by Crippen LogP contribution is 2.25. The number of nitrogens with one attached hydrogen (secondary N) is 1. The van der Waals surface area contributed by atoms with Gasteiger partial charge < -0.3 is 10.4 Å². The van der Waals surface area contributed by atoms with Gasteiger partial charge in [-0.2, -0.15) is 0 Å². The predicted octanol–water partition coefficient (Wildman–Crippen LogP) is 4.06. The summed E-state index contributed by atoms with van der Waals surface area (Å²) >= 11 is 1.40. The molecule has 2 N–H and O–H groups in total. The Balaban J connectivity index is 1.69. The van der Waals surface area contributed by atoms with Gasteiger partial charge in [-0.1, -0.05) is 42.1 Å². The Bertz CT molecular complexity index is 851. The van der Waals surface area contributed by atoms with Crippen LogP contribution in [0.15, 0.2) is 65.7 Å². The zero-order valence-electron chi connectivity index (χ0n) is 12.6. The summed E-state index contributed by atoms with van der Waals surface area (Å²) in [6.45, 7) is 1.83. The molecule has 2 aromatic carbocycles. The van der Waals surface area contributed by atoms with Crippen molar-refractivity contribution in [1.82, 2.24) is 4.98 Å². The van der Waals surface area contributed by atoms with E-state index in [2.05, 4.69) is 10.3 Å². The number of rotatable bonds is 4. The first-order valence-corrected chi connectivity index (χ1v) is 8.12. The zero-order valence-corrected chi connectivity index (χ0v) is 13.4. The van der Waals surface area contributed by atoms with Crippen LogP contribution in [0.1, 0.15) is 6.92 Å². The maximum absolute atomic E-state index is 12.3. The number of anilines is 1. The maximum atomic E-state index is 12.3. The molecule has 1 amide bonds. The fourth-order valence-electron chi connectivity index (χ4n) is 2.18. The van der Waals surface area contributed by atoms with E-state index in [1.54, 1.807) is 18.2 Å². The number of fused-ring (bicyclic) bond motifs is 1. The number of carbonyl (C=O) groups excluding carboxylic acids is 1. The van der Waals surface area contributed by atoms with Crippen LogP contribution in [-0.4, -0.2) is 21.2 Å². The number of hydrogen-bond acceptors (Lipinski definition) is 4. The van der Waals surface area contributed by atoms with Crippen molar-refractivity contribution < 1.29 is 9.90 Å². The van der Waals surface area contributed by atoms with Gasteiger partial charge in [-0.15, -0.1) is 0 Å². The Morgan fingerprint density at radius 3 is 2.78 bits per heavy atom. The first kappa shape index (κ1) is 15.4. The van der Waals surface area contributed by atoms with E-state index in [4.69, 9.17) is 0 Å². The number of thioether (sulfide) groups is 1. The van der Waals surface area contributed by atoms with Crippen LogP contribution in [0.25, 0.3) is 10.9 Å². The number of nitrogens with zero attached hydrogens (tertiary/aromatic N) is 1. The number of pyridine rings is 1. The number of amides is 1. The Morgan fingerprint density at radius 1 is 1.13 bits per heavy atom. The highest BCUT2D eigenvalue weighted by atomic mass is 32.2. The Kier molecular flexibility index (Phi) is 4.48. The van der Waals surface area contributed by atoms with E-state index < -0.39 is 0 Å². The van der Waals surface area contributed by atoms with E-state index in [-0.39, 0.29) is 16.9 Å². The Labute approximate surface area is 138 Å². The lowest BCUT2D eigenvalue weighted by molar-refractivity contribution is -0.115. The molecule has 5 heteroatoms. The molecule has 3 aromatic rings. The van der Waals surface area contributed by atoms with Gasteiger partial charge in [0.25, 0.3) is 0 Å². The van der Waals surface area contributed by atoms with Crippen LogP contribution in [0.4, 0.5) is 5.69 Å². The largest absolute Gasteiger partial charge is 0.508 e. The molecular weight excluding hydrogens is 308 g/mol. The van der Waals surface area contributed by atoms with Crippen molar-refractivity contribution >= 4 is 34.3 Å². The molecule has 4 nitrogen and oxygen atoms in total. The second kappa shape index (κ2) is 6.71. The Morgan fingerprint density at radius 2 is 1.96 bits per heavy atom. The summed E-state index contributed by atoms with van der Waals surface area (Å²) in [5.74, 6) is -0.00476. The number of carbonyl (C=O) groups is 1. The van der Waals surface area contributed by atoms with Gasteiger partial charge >= 0.3 is 0 Å². The minimum atomic E-state index is -0.300. The summed E-state index contributed by atoms with van der Waals surface area (Å²) in [4.78, 5) is 16.8. The summed E-state index contributed by atoms with van der Waals surface area (Å²) in [7, 11) is 0. The molecule has 3 rings (SSSR count). The minimum absolute atomic E-state index is 0.124. The number of aromatic hydroxyl groups is 1. The first-order valence-electron chi connectivity index (χ1n) is 7.24. The van der Waals surface area contributed by atoms with Crippen LogP contribution in [-0.2, 0) is 4.79 Å². The molecule has 0 bridgehead atoms. The summed E-state index contributed by atoms with van der Waals surface area (Å²) < 4.78 is 0. The lowest BCUT2D eigenvalue weighted by Gasteiger charge is -2.12. The van der Waals surface area contributed by atoms with Gasteiger partial charge in [-0.3, -0.25) is 4.79 Å². The number of benzene rings is 2. The van der Waals surface area contributed by atoms with Crippen LogP contribution in [0.5, 0.6) is 5.75 Å². The Hall–Kier alpha value is -2.53. The van der Waals surface area contributed by atoms with Crippen molar-refractivity contribution in [3.8, 4) is 5.75 Å². The van der Waals surface area contributed by atoms with Gasteiger partial charge in [0, 0.05) is 17.1 Å². The van der Waals surface area contributed by atoms with Crippen LogP contribution >= 0.6 is 11.8 Å². The number of phenols is 1. The molecule has 116 valence electrons. The highest BCUT2D eigenvalue weighted by molar-refractivity contribution is 8.00. The van der Waals surface area contributed by atoms with Gasteiger partial charge in [0.2, 0.25) is 5.91 Å². The highest BCUT2D eigenvalue weighted by Gasteiger charge is 2.15. The van der Waals surface area contributed by atoms with Crippen LogP contribution in [0.2, 0.25) is 0 Å². The van der Waals surface area contributed by atoms with Crippen molar-refractivity contribution in [2.45, 2.75) is 17.2 Å². The zero-order chi connectivity index (χ0) is 16.2. The fourth-order valence-corrected chi connectivity index (χ4v) is 3.00. The maximum Gasteiger partial charge on any atom is 0.237 e. The molecule has 0 aliphatic heterocycles. The van der Waals surface area contributed by atoms with E-state index in [1.807, 2.05) is 43.3 Å². The van der Waals surface area contributed by atoms with Crippen molar-refractivity contribution in [2.75, 3.05) is 5.32 Å². The van der Waals surface area contributed by atoms with Crippen LogP contribution in [0.3, 0.4) is 0 Å². The third-order valence-corrected chi connectivity index (χ3v) is 4.39. The number of aromatic nitrogens is 1. The molecule has 1 atom stereocenters. The summed E-state index contributed by atoms with van der Waals surface area (Å²) in [6.07, 6.45) is 0. The van der Waals surface area contributed by atoms with Crippen molar-refractivity contribution in [1.29, 1.82) is 0 Å². The van der Waals surface area contributed by atoms with Crippen LogP contribution in [0, 0.1) is 0 Å². The van der Waals surface area contributed by atoms with E-state index in [0.717, 1.165) is 15.9 Å². The molecule has 1 heterocycles. The van der Waals surface area contributed by atoms with E-state index in [1.165, 1.54) is 17.8 Å². The van der Waals surface area contributed by atoms with Gasteiger partial charge in [-0.25, -0.2) is 4.98 Å². The molecule has 0 spiro atoms. The number of hydrogen-bond donors (Lipinski definition) is 2. The molecule has 1 unspecified atom stereocenters. The molecule has 1 aromatic heterocycles. The molecule has 23 heavy (non-hydrogen) atoms. The van der Waals surface area contributed by atoms with Gasteiger partial charge in [0.05, 0.1) is 15.8 Å². The van der Waals surface area contributed by atoms with Crippen molar-refractivity contribution in [3.05, 3.63) is 60.7 Å². The van der Waals surface area contributed by atoms with Gasteiger partial charge in [0.15, 0.2) is 0 Å². The number of phenolic OH excluding ortho intramolecular Hbond substituents is 1. The SMILES string of the molecule is CC(Sc1ccc2ccccc2n1)C(=O)Nc1cccc(O)c1. The second-order valence-corrected chi connectivity index (χ2v) is 6.50. The second-order valence-electron chi connectivity index (χ2n) is 5.14. The van der Waals surface area contributed by atoms with E-state index >= 15 is 0 Å². The van der Waals surface area contributed by atoms with Crippen LogP contribution < -0.4 is 5.32 Å². The lowest BCUT2D eigenvalue weighted by atomic mass is 10.2. The predicted molar refractivity (Wildman–Crippen MR) is 93.8 cm³/mol. The number of para-hydroxylation sites is 1. The summed E-state index contributed by atoms with van der Waals surface area (Å²) in [5, 5.41) is 13.8. The molecule has 0 fully saturated rings. The molecule has 0 saturated heterocycles. The smallest absolute Gasteiger partial charge is 0.237 e. The monoisotopic (exact) mass is 324 g/mol. The molecule has 0 aliphatic rings. The average Bonchev–Trinajstić information content (AvgIpc) is 2.54. The standard InChI is InChI=1S/C18H16N2O2S/c1-12(18(22)19-14-6-4-7-15(21)11-14)23-17-10-9-13-5-2-3-8-16(13)20-17/h2-12,21H,1H3,(H,19,22). The lowest BCUT2D eigenvalue weighted by Crippen LogP contribution is -2.22. The third-order valence-electron chi connectivity index (χ3n) is 3.35. The molecular formula is C18H16N2O2S.